The van der Waals surface area contributed by atoms with Gasteiger partial charge in [0, 0.05) is 5.02 Å². The Morgan fingerprint density at radius 1 is 1.53 bits per heavy atom. The number of rotatable bonds is 3. The van der Waals surface area contributed by atoms with Gasteiger partial charge in [0.1, 0.15) is 0 Å². The lowest BCUT2D eigenvalue weighted by molar-refractivity contribution is 0.0689. The summed E-state index contributed by atoms with van der Waals surface area (Å²) in [5, 5.41) is 17.0. The zero-order chi connectivity index (χ0) is 12.4. The molecule has 2 aromatic rings. The molecule has 0 unspecified atom stereocenters. The van der Waals surface area contributed by atoms with Crippen LogP contribution in [0.5, 0.6) is 0 Å². The molecular formula is C11H10ClN3O2. The first-order valence-electron chi connectivity index (χ1n) is 5.07. The Labute approximate surface area is 103 Å². The van der Waals surface area contributed by atoms with Crippen molar-refractivity contribution in [2.45, 2.75) is 13.3 Å². The molecule has 17 heavy (non-hydrogen) atoms. The summed E-state index contributed by atoms with van der Waals surface area (Å²) in [6.07, 6.45) is 0.529. The first-order chi connectivity index (χ1) is 8.13. The van der Waals surface area contributed by atoms with Gasteiger partial charge in [-0.1, -0.05) is 29.8 Å². The molecular weight excluding hydrogens is 242 g/mol. The number of carboxylic acids is 1. The molecule has 0 aliphatic carbocycles. The van der Waals surface area contributed by atoms with E-state index < -0.39 is 5.97 Å². The van der Waals surface area contributed by atoms with Crippen molar-refractivity contribution < 1.29 is 9.90 Å². The molecule has 1 N–H and O–H groups in total. The Hall–Kier alpha value is -1.88. The predicted octanol–water partition coefficient (Wildman–Crippen LogP) is 2.18. The Bertz CT molecular complexity index is 566. The fourth-order valence-corrected chi connectivity index (χ4v) is 1.78. The molecule has 0 spiro atoms. The number of carboxylic acid groups (broad SMARTS) is 1. The molecule has 1 aromatic carbocycles. The lowest BCUT2D eigenvalue weighted by Gasteiger charge is -2.04. The Kier molecular flexibility index (Phi) is 3.10. The van der Waals surface area contributed by atoms with E-state index in [0.29, 0.717) is 22.8 Å². The van der Waals surface area contributed by atoms with Crippen LogP contribution in [0, 0.1) is 0 Å². The number of hydrogen-bond acceptors (Lipinski definition) is 3. The second kappa shape index (κ2) is 4.55. The van der Waals surface area contributed by atoms with Crippen molar-refractivity contribution in [1.82, 2.24) is 15.0 Å². The van der Waals surface area contributed by atoms with Crippen LogP contribution in [0.25, 0.3) is 5.69 Å². The van der Waals surface area contributed by atoms with E-state index in [2.05, 4.69) is 10.3 Å². The Balaban J connectivity index is 2.56. The van der Waals surface area contributed by atoms with Crippen LogP contribution in [-0.2, 0) is 6.42 Å². The van der Waals surface area contributed by atoms with Gasteiger partial charge in [-0.25, -0.2) is 9.48 Å². The predicted molar refractivity (Wildman–Crippen MR) is 62.7 cm³/mol. The maximum Gasteiger partial charge on any atom is 0.358 e. The van der Waals surface area contributed by atoms with Gasteiger partial charge < -0.3 is 5.11 Å². The molecule has 0 atom stereocenters. The van der Waals surface area contributed by atoms with Crippen molar-refractivity contribution in [3.63, 3.8) is 0 Å². The molecule has 0 saturated carbocycles. The monoisotopic (exact) mass is 251 g/mol. The largest absolute Gasteiger partial charge is 0.476 e. The minimum Gasteiger partial charge on any atom is -0.476 e. The number of benzene rings is 1. The second-order valence-electron chi connectivity index (χ2n) is 3.44. The smallest absolute Gasteiger partial charge is 0.358 e. The summed E-state index contributed by atoms with van der Waals surface area (Å²) in [5.41, 5.74) is 1.24. The van der Waals surface area contributed by atoms with Crippen LogP contribution in [-0.4, -0.2) is 26.1 Å². The molecule has 0 bridgehead atoms. The number of aromatic carboxylic acids is 1. The normalized spacial score (nSPS) is 10.5. The Morgan fingerprint density at radius 3 is 2.88 bits per heavy atom. The first kappa shape index (κ1) is 11.6. The standard InChI is InChI=1S/C11H10ClN3O2/c1-2-9-10(11(16)17)13-14-15(9)8-5-3-4-7(12)6-8/h3-6H,2H2,1H3,(H,16,17). The minimum absolute atomic E-state index is 0.0209. The van der Waals surface area contributed by atoms with Crippen molar-refractivity contribution >= 4 is 17.6 Å². The van der Waals surface area contributed by atoms with E-state index in [4.69, 9.17) is 16.7 Å². The molecule has 88 valence electrons. The number of aromatic nitrogens is 3. The van der Waals surface area contributed by atoms with Gasteiger partial charge in [-0.05, 0) is 24.6 Å². The molecule has 0 aliphatic rings. The molecule has 0 amide bonds. The average Bonchev–Trinajstić information content (AvgIpc) is 2.72. The van der Waals surface area contributed by atoms with E-state index in [-0.39, 0.29) is 5.69 Å². The van der Waals surface area contributed by atoms with Crippen LogP contribution in [0.3, 0.4) is 0 Å². The summed E-state index contributed by atoms with van der Waals surface area (Å²) in [5.74, 6) is -1.07. The molecule has 1 heterocycles. The first-order valence-corrected chi connectivity index (χ1v) is 5.45. The molecule has 0 aliphatic heterocycles. The quantitative estimate of drug-likeness (QED) is 0.908. The minimum atomic E-state index is -1.07. The lowest BCUT2D eigenvalue weighted by atomic mass is 10.2. The highest BCUT2D eigenvalue weighted by molar-refractivity contribution is 6.30. The third-order valence-electron chi connectivity index (χ3n) is 2.35. The molecule has 0 fully saturated rings. The molecule has 0 saturated heterocycles. The fraction of sp³-hybridized carbons (Fsp3) is 0.182. The average molecular weight is 252 g/mol. The van der Waals surface area contributed by atoms with Crippen molar-refractivity contribution in [1.29, 1.82) is 0 Å². The molecule has 6 heteroatoms. The third-order valence-corrected chi connectivity index (χ3v) is 2.59. The number of carbonyl (C=O) groups is 1. The van der Waals surface area contributed by atoms with Crippen LogP contribution in [0.15, 0.2) is 24.3 Å². The van der Waals surface area contributed by atoms with Crippen molar-refractivity contribution in [3.05, 3.63) is 40.7 Å². The molecule has 0 radical (unpaired) electrons. The van der Waals surface area contributed by atoms with Crippen LogP contribution in [0.2, 0.25) is 5.02 Å². The van der Waals surface area contributed by atoms with Crippen LogP contribution in [0.1, 0.15) is 23.1 Å². The maximum absolute atomic E-state index is 11.0. The van der Waals surface area contributed by atoms with Gasteiger partial charge in [0.25, 0.3) is 0 Å². The summed E-state index contributed by atoms with van der Waals surface area (Å²) in [4.78, 5) is 11.0. The highest BCUT2D eigenvalue weighted by Crippen LogP contribution is 2.17. The summed E-state index contributed by atoms with van der Waals surface area (Å²) < 4.78 is 1.50. The summed E-state index contributed by atoms with van der Waals surface area (Å²) in [6, 6.07) is 7.03. The Morgan fingerprint density at radius 2 is 2.29 bits per heavy atom. The number of halogens is 1. The van der Waals surface area contributed by atoms with Gasteiger partial charge in [-0.3, -0.25) is 0 Å². The van der Waals surface area contributed by atoms with E-state index in [1.165, 1.54) is 4.68 Å². The summed E-state index contributed by atoms with van der Waals surface area (Å²) >= 11 is 5.88. The SMILES string of the molecule is CCc1c(C(=O)O)nnn1-c1cccc(Cl)c1. The lowest BCUT2D eigenvalue weighted by Crippen LogP contribution is -2.05. The van der Waals surface area contributed by atoms with E-state index in [1.807, 2.05) is 6.92 Å². The highest BCUT2D eigenvalue weighted by Gasteiger charge is 2.18. The van der Waals surface area contributed by atoms with Gasteiger partial charge >= 0.3 is 5.97 Å². The molecule has 1 aromatic heterocycles. The van der Waals surface area contributed by atoms with E-state index in [1.54, 1.807) is 24.3 Å². The third kappa shape index (κ3) is 2.14. The van der Waals surface area contributed by atoms with Crippen LogP contribution >= 0.6 is 11.6 Å². The van der Waals surface area contributed by atoms with Crippen LogP contribution < -0.4 is 0 Å². The summed E-state index contributed by atoms with van der Waals surface area (Å²) in [7, 11) is 0. The summed E-state index contributed by atoms with van der Waals surface area (Å²) in [6.45, 7) is 1.85. The van der Waals surface area contributed by atoms with Gasteiger partial charge in [-0.15, -0.1) is 5.10 Å². The van der Waals surface area contributed by atoms with Gasteiger partial charge in [0.15, 0.2) is 5.69 Å². The fourth-order valence-electron chi connectivity index (χ4n) is 1.60. The number of nitrogens with zero attached hydrogens (tertiary/aromatic N) is 3. The molecule has 2 rings (SSSR count). The van der Waals surface area contributed by atoms with Crippen molar-refractivity contribution in [3.8, 4) is 5.69 Å². The zero-order valence-electron chi connectivity index (χ0n) is 9.09. The second-order valence-corrected chi connectivity index (χ2v) is 3.87. The van der Waals surface area contributed by atoms with E-state index in [0.717, 1.165) is 0 Å². The molecule has 5 nitrogen and oxygen atoms in total. The maximum atomic E-state index is 11.0. The topological polar surface area (TPSA) is 68.0 Å². The zero-order valence-corrected chi connectivity index (χ0v) is 9.85. The van der Waals surface area contributed by atoms with E-state index in [9.17, 15) is 4.79 Å². The van der Waals surface area contributed by atoms with Crippen molar-refractivity contribution in [2.24, 2.45) is 0 Å². The van der Waals surface area contributed by atoms with Gasteiger partial charge in [0.05, 0.1) is 11.4 Å². The van der Waals surface area contributed by atoms with Gasteiger partial charge in [-0.2, -0.15) is 0 Å². The van der Waals surface area contributed by atoms with Gasteiger partial charge in [0.2, 0.25) is 0 Å². The number of hydrogen-bond donors (Lipinski definition) is 1. The van der Waals surface area contributed by atoms with E-state index >= 15 is 0 Å². The van der Waals surface area contributed by atoms with Crippen molar-refractivity contribution in [2.75, 3.05) is 0 Å². The highest BCUT2D eigenvalue weighted by atomic mass is 35.5. The van der Waals surface area contributed by atoms with Crippen LogP contribution in [0.4, 0.5) is 0 Å².